The molecule has 0 unspecified atom stereocenters. The molecule has 0 saturated carbocycles. The van der Waals surface area contributed by atoms with Gasteiger partial charge in [0.25, 0.3) is 0 Å². The van der Waals surface area contributed by atoms with Crippen molar-refractivity contribution in [3.63, 3.8) is 0 Å². The molecular formula is C21H28ClNO4. The number of likely N-dealkylation sites (tertiary alicyclic amines) is 1. The summed E-state index contributed by atoms with van der Waals surface area (Å²) in [6.45, 7) is 6.14. The second-order valence-electron chi connectivity index (χ2n) is 8.08. The summed E-state index contributed by atoms with van der Waals surface area (Å²) in [5.74, 6) is 0.137. The molecule has 0 spiro atoms. The Labute approximate surface area is 165 Å². The summed E-state index contributed by atoms with van der Waals surface area (Å²) in [5, 5.41) is 11.8. The molecule has 5 nitrogen and oxygen atoms in total. The second kappa shape index (κ2) is 7.72. The zero-order chi connectivity index (χ0) is 19.0. The molecule has 0 aliphatic carbocycles. The molecule has 3 saturated heterocycles. The first-order valence-corrected chi connectivity index (χ1v) is 10.2. The lowest BCUT2D eigenvalue weighted by Crippen LogP contribution is -2.49. The smallest absolute Gasteiger partial charge is 0.163 e. The van der Waals surface area contributed by atoms with Gasteiger partial charge in [0, 0.05) is 5.02 Å². The Balaban J connectivity index is 1.62. The quantitative estimate of drug-likeness (QED) is 0.852. The van der Waals surface area contributed by atoms with Crippen LogP contribution in [0.1, 0.15) is 38.7 Å². The van der Waals surface area contributed by atoms with Crippen LogP contribution >= 0.6 is 11.6 Å². The van der Waals surface area contributed by atoms with Crippen LogP contribution in [0, 0.1) is 0 Å². The summed E-state index contributed by atoms with van der Waals surface area (Å²) in [6.07, 6.45) is 4.15. The number of nitrogens with zero attached hydrogens (tertiary/aromatic N) is 1. The first-order chi connectivity index (χ1) is 12.9. The van der Waals surface area contributed by atoms with E-state index in [-0.39, 0.29) is 12.1 Å². The Morgan fingerprint density at radius 3 is 2.67 bits per heavy atom. The van der Waals surface area contributed by atoms with Gasteiger partial charge in [-0.2, -0.15) is 0 Å². The molecule has 27 heavy (non-hydrogen) atoms. The summed E-state index contributed by atoms with van der Waals surface area (Å²) in [7, 11) is 0. The van der Waals surface area contributed by atoms with Crippen molar-refractivity contribution in [3.05, 3.63) is 40.6 Å². The van der Waals surface area contributed by atoms with E-state index in [2.05, 4.69) is 4.90 Å². The third-order valence-electron chi connectivity index (χ3n) is 5.56. The standard InChI is InChI=1S/C21H28ClNO4/c1-21(2)25-13-17(27-21)20-19(24)18(23-9-4-3-5-10-23)16(26-20)12-14-7-6-8-15(22)11-14/h6-8,11-12,17-20,24H,3-5,9-10,13H2,1-2H3/b16-12-/t17-,18+,19-,20-/m1/s1. The van der Waals surface area contributed by atoms with E-state index < -0.39 is 18.0 Å². The van der Waals surface area contributed by atoms with E-state index in [9.17, 15) is 5.11 Å². The molecule has 0 bridgehead atoms. The molecule has 1 aromatic carbocycles. The molecule has 3 aliphatic heterocycles. The van der Waals surface area contributed by atoms with Crippen molar-refractivity contribution in [3.8, 4) is 0 Å². The highest BCUT2D eigenvalue weighted by Gasteiger charge is 2.51. The zero-order valence-electron chi connectivity index (χ0n) is 15.9. The highest BCUT2D eigenvalue weighted by atomic mass is 35.5. The van der Waals surface area contributed by atoms with Gasteiger partial charge in [0.1, 0.15) is 18.0 Å². The maximum absolute atomic E-state index is 11.2. The fourth-order valence-corrected chi connectivity index (χ4v) is 4.49. The lowest BCUT2D eigenvalue weighted by Gasteiger charge is -2.33. The Kier molecular flexibility index (Phi) is 5.50. The van der Waals surface area contributed by atoms with Crippen molar-refractivity contribution in [2.24, 2.45) is 0 Å². The van der Waals surface area contributed by atoms with E-state index in [1.807, 2.05) is 44.2 Å². The fourth-order valence-electron chi connectivity index (χ4n) is 4.29. The van der Waals surface area contributed by atoms with Crippen LogP contribution < -0.4 is 0 Å². The molecular weight excluding hydrogens is 366 g/mol. The summed E-state index contributed by atoms with van der Waals surface area (Å²) in [4.78, 5) is 2.34. The number of benzene rings is 1. The number of hydrogen-bond donors (Lipinski definition) is 1. The molecule has 3 fully saturated rings. The van der Waals surface area contributed by atoms with Crippen LogP contribution in [0.25, 0.3) is 6.08 Å². The first-order valence-electron chi connectivity index (χ1n) is 9.81. The lowest BCUT2D eigenvalue weighted by atomic mass is 9.98. The van der Waals surface area contributed by atoms with Crippen molar-refractivity contribution >= 4 is 17.7 Å². The predicted molar refractivity (Wildman–Crippen MR) is 104 cm³/mol. The van der Waals surface area contributed by atoms with E-state index >= 15 is 0 Å². The minimum atomic E-state index is -0.656. The van der Waals surface area contributed by atoms with Gasteiger partial charge in [0.05, 0.1) is 12.6 Å². The zero-order valence-corrected chi connectivity index (χ0v) is 16.7. The molecule has 4 rings (SSSR count). The SMILES string of the molecule is CC1(C)OC[C@H]([C@H]2O/C(=C\c3cccc(Cl)c3)[C@H](N3CCCCC3)[C@H]2O)O1. The molecule has 148 valence electrons. The number of aliphatic hydroxyl groups excluding tert-OH is 1. The minimum Gasteiger partial charge on any atom is -0.487 e. The van der Waals surface area contributed by atoms with Crippen LogP contribution in [-0.2, 0) is 14.2 Å². The highest BCUT2D eigenvalue weighted by molar-refractivity contribution is 6.30. The summed E-state index contributed by atoms with van der Waals surface area (Å²) >= 11 is 6.14. The van der Waals surface area contributed by atoms with Crippen LogP contribution in [0.3, 0.4) is 0 Å². The maximum atomic E-state index is 11.2. The van der Waals surface area contributed by atoms with Gasteiger partial charge in [-0.3, -0.25) is 4.90 Å². The topological polar surface area (TPSA) is 51.2 Å². The first kappa shape index (κ1) is 19.2. The number of piperidine rings is 1. The Hall–Kier alpha value is -1.11. The van der Waals surface area contributed by atoms with Crippen molar-refractivity contribution in [2.75, 3.05) is 19.7 Å². The number of halogens is 1. The number of aliphatic hydroxyl groups is 1. The van der Waals surface area contributed by atoms with Crippen molar-refractivity contribution in [1.29, 1.82) is 0 Å². The van der Waals surface area contributed by atoms with Gasteiger partial charge in [0.2, 0.25) is 0 Å². The average molecular weight is 394 g/mol. The molecule has 6 heteroatoms. The second-order valence-corrected chi connectivity index (χ2v) is 8.52. The van der Waals surface area contributed by atoms with Gasteiger partial charge in [0.15, 0.2) is 11.9 Å². The summed E-state index contributed by atoms with van der Waals surface area (Å²) in [5.41, 5.74) is 0.969. The Bertz CT molecular complexity index is 701. The Morgan fingerprint density at radius 2 is 2.00 bits per heavy atom. The van der Waals surface area contributed by atoms with Gasteiger partial charge < -0.3 is 19.3 Å². The van der Waals surface area contributed by atoms with Crippen molar-refractivity contribution in [1.82, 2.24) is 4.90 Å². The van der Waals surface area contributed by atoms with Crippen LogP contribution in [0.2, 0.25) is 5.02 Å². The molecule has 0 amide bonds. The van der Waals surface area contributed by atoms with Crippen LogP contribution in [0.4, 0.5) is 0 Å². The third kappa shape index (κ3) is 4.17. The van der Waals surface area contributed by atoms with E-state index in [4.69, 9.17) is 25.8 Å². The summed E-state index contributed by atoms with van der Waals surface area (Å²) < 4.78 is 18.0. The molecule has 3 aliphatic rings. The largest absolute Gasteiger partial charge is 0.487 e. The molecule has 0 radical (unpaired) electrons. The molecule has 4 atom stereocenters. The normalized spacial score (nSPS) is 35.5. The number of rotatable bonds is 3. The van der Waals surface area contributed by atoms with E-state index in [1.54, 1.807) is 0 Å². The Morgan fingerprint density at radius 1 is 1.22 bits per heavy atom. The minimum absolute atomic E-state index is 0.165. The maximum Gasteiger partial charge on any atom is 0.163 e. The van der Waals surface area contributed by atoms with Crippen LogP contribution in [0.5, 0.6) is 0 Å². The van der Waals surface area contributed by atoms with Crippen molar-refractivity contribution in [2.45, 2.75) is 63.3 Å². The van der Waals surface area contributed by atoms with E-state index in [0.717, 1.165) is 37.3 Å². The van der Waals surface area contributed by atoms with E-state index in [1.165, 1.54) is 6.42 Å². The molecule has 1 aromatic rings. The number of ether oxygens (including phenoxy) is 3. The van der Waals surface area contributed by atoms with Crippen LogP contribution in [-0.4, -0.2) is 59.8 Å². The molecule has 1 N–H and O–H groups in total. The monoisotopic (exact) mass is 393 g/mol. The van der Waals surface area contributed by atoms with Gasteiger partial charge in [-0.25, -0.2) is 0 Å². The average Bonchev–Trinajstić information content (AvgIpc) is 3.15. The van der Waals surface area contributed by atoms with Gasteiger partial charge in [-0.1, -0.05) is 30.2 Å². The molecule has 3 heterocycles. The molecule has 0 aromatic heterocycles. The third-order valence-corrected chi connectivity index (χ3v) is 5.80. The van der Waals surface area contributed by atoms with Gasteiger partial charge in [-0.15, -0.1) is 0 Å². The lowest BCUT2D eigenvalue weighted by molar-refractivity contribution is -0.156. The van der Waals surface area contributed by atoms with Crippen LogP contribution in [0.15, 0.2) is 30.0 Å². The van der Waals surface area contributed by atoms with Gasteiger partial charge >= 0.3 is 0 Å². The van der Waals surface area contributed by atoms with E-state index in [0.29, 0.717) is 11.6 Å². The predicted octanol–water partition coefficient (Wildman–Crippen LogP) is 3.45. The van der Waals surface area contributed by atoms with Crippen molar-refractivity contribution < 1.29 is 19.3 Å². The fraction of sp³-hybridized carbons (Fsp3) is 0.619. The summed E-state index contributed by atoms with van der Waals surface area (Å²) in [6, 6.07) is 7.51. The van der Waals surface area contributed by atoms with Gasteiger partial charge in [-0.05, 0) is 63.6 Å². The number of hydrogen-bond acceptors (Lipinski definition) is 5. The highest BCUT2D eigenvalue weighted by Crippen LogP contribution is 2.37.